The van der Waals surface area contributed by atoms with Gasteiger partial charge in [0.25, 0.3) is 0 Å². The highest BCUT2D eigenvalue weighted by molar-refractivity contribution is 5.88. The Kier molecular flexibility index (Phi) is 5.55. The van der Waals surface area contributed by atoms with Crippen LogP contribution >= 0.6 is 0 Å². The molecule has 1 fully saturated rings. The molecule has 0 unspecified atom stereocenters. The van der Waals surface area contributed by atoms with Gasteiger partial charge in [0.2, 0.25) is 11.8 Å². The summed E-state index contributed by atoms with van der Waals surface area (Å²) in [5, 5.41) is 3.02. The first-order chi connectivity index (χ1) is 12.5. The fraction of sp³-hybridized carbons (Fsp3) is 0.429. The standard InChI is InChI=1S/C21H25FN2O2/c1-15(2)26-19-9-8-16(13-23-19)14-24-20(25)21(10-3-4-11-21)17-6-5-7-18(22)12-17/h5-9,12-13,15H,3-4,10-11,14H2,1-2H3,(H,24,25). The molecule has 1 N–H and O–H groups in total. The quantitative estimate of drug-likeness (QED) is 0.846. The number of hydrogen-bond acceptors (Lipinski definition) is 3. The predicted molar refractivity (Wildman–Crippen MR) is 98.4 cm³/mol. The number of nitrogens with zero attached hydrogens (tertiary/aromatic N) is 1. The molecule has 3 rings (SSSR count). The van der Waals surface area contributed by atoms with Gasteiger partial charge in [-0.25, -0.2) is 9.37 Å². The lowest BCUT2D eigenvalue weighted by Crippen LogP contribution is -2.42. The average Bonchev–Trinajstić information content (AvgIpc) is 3.11. The van der Waals surface area contributed by atoms with E-state index in [2.05, 4.69) is 10.3 Å². The third-order valence-electron chi connectivity index (χ3n) is 4.88. The van der Waals surface area contributed by atoms with Gasteiger partial charge >= 0.3 is 0 Å². The molecule has 1 heterocycles. The molecular weight excluding hydrogens is 331 g/mol. The minimum atomic E-state index is -0.629. The molecule has 0 bridgehead atoms. The molecule has 138 valence electrons. The Labute approximate surface area is 153 Å². The van der Waals surface area contributed by atoms with Gasteiger partial charge in [0, 0.05) is 18.8 Å². The lowest BCUT2D eigenvalue weighted by molar-refractivity contribution is -0.126. The zero-order chi connectivity index (χ0) is 18.6. The number of aromatic nitrogens is 1. The van der Waals surface area contributed by atoms with Gasteiger partial charge in [-0.1, -0.05) is 31.0 Å². The van der Waals surface area contributed by atoms with Crippen molar-refractivity contribution in [2.75, 3.05) is 0 Å². The molecule has 1 aromatic carbocycles. The van der Waals surface area contributed by atoms with Crippen LogP contribution in [0.2, 0.25) is 0 Å². The van der Waals surface area contributed by atoms with Crippen LogP contribution in [-0.4, -0.2) is 17.0 Å². The zero-order valence-corrected chi connectivity index (χ0v) is 15.3. The molecule has 1 aliphatic rings. The Morgan fingerprint density at radius 3 is 2.65 bits per heavy atom. The van der Waals surface area contributed by atoms with Gasteiger partial charge in [-0.3, -0.25) is 4.79 Å². The van der Waals surface area contributed by atoms with E-state index in [0.717, 1.165) is 36.8 Å². The van der Waals surface area contributed by atoms with E-state index in [1.165, 1.54) is 12.1 Å². The summed E-state index contributed by atoms with van der Waals surface area (Å²) in [4.78, 5) is 17.2. The third-order valence-corrected chi connectivity index (χ3v) is 4.88. The maximum Gasteiger partial charge on any atom is 0.230 e. The number of carbonyl (C=O) groups is 1. The Hall–Kier alpha value is -2.43. The van der Waals surface area contributed by atoms with Gasteiger partial charge in [0.15, 0.2) is 0 Å². The first-order valence-corrected chi connectivity index (χ1v) is 9.15. The minimum absolute atomic E-state index is 0.0388. The summed E-state index contributed by atoms with van der Waals surface area (Å²) < 4.78 is 19.2. The molecule has 26 heavy (non-hydrogen) atoms. The number of benzene rings is 1. The van der Waals surface area contributed by atoms with Crippen LogP contribution in [0.4, 0.5) is 4.39 Å². The van der Waals surface area contributed by atoms with Gasteiger partial charge in [0.1, 0.15) is 5.82 Å². The molecule has 2 aromatic rings. The van der Waals surface area contributed by atoms with Crippen molar-refractivity contribution >= 4 is 5.91 Å². The molecule has 1 saturated carbocycles. The third kappa shape index (κ3) is 4.03. The lowest BCUT2D eigenvalue weighted by atomic mass is 9.78. The molecule has 0 spiro atoms. The lowest BCUT2D eigenvalue weighted by Gasteiger charge is -2.28. The van der Waals surface area contributed by atoms with Crippen LogP contribution in [0, 0.1) is 5.82 Å². The van der Waals surface area contributed by atoms with Crippen LogP contribution in [-0.2, 0) is 16.8 Å². The van der Waals surface area contributed by atoms with Crippen molar-refractivity contribution in [2.24, 2.45) is 0 Å². The van der Waals surface area contributed by atoms with E-state index < -0.39 is 5.41 Å². The first-order valence-electron chi connectivity index (χ1n) is 9.15. The van der Waals surface area contributed by atoms with E-state index in [4.69, 9.17) is 4.74 Å². The fourth-order valence-corrected chi connectivity index (χ4v) is 3.59. The highest BCUT2D eigenvalue weighted by Gasteiger charge is 2.42. The molecule has 4 nitrogen and oxygen atoms in total. The summed E-state index contributed by atoms with van der Waals surface area (Å²) >= 11 is 0. The van der Waals surface area contributed by atoms with E-state index in [1.54, 1.807) is 18.3 Å². The van der Waals surface area contributed by atoms with Crippen LogP contribution in [0.1, 0.15) is 50.7 Å². The van der Waals surface area contributed by atoms with Crippen LogP contribution < -0.4 is 10.1 Å². The summed E-state index contributed by atoms with van der Waals surface area (Å²) in [6, 6.07) is 10.1. The molecule has 0 saturated heterocycles. The van der Waals surface area contributed by atoms with Crippen LogP contribution in [0.3, 0.4) is 0 Å². The second-order valence-electron chi connectivity index (χ2n) is 7.15. The molecule has 0 aliphatic heterocycles. The summed E-state index contributed by atoms with van der Waals surface area (Å²) in [7, 11) is 0. The van der Waals surface area contributed by atoms with Crippen molar-refractivity contribution in [2.45, 2.75) is 57.6 Å². The van der Waals surface area contributed by atoms with Crippen LogP contribution in [0.15, 0.2) is 42.6 Å². The molecule has 5 heteroatoms. The van der Waals surface area contributed by atoms with Gasteiger partial charge in [0.05, 0.1) is 11.5 Å². The molecule has 1 amide bonds. The number of halogens is 1. The van der Waals surface area contributed by atoms with Crippen molar-refractivity contribution in [3.63, 3.8) is 0 Å². The summed E-state index contributed by atoms with van der Waals surface area (Å²) in [6.07, 6.45) is 5.24. The highest BCUT2D eigenvalue weighted by Crippen LogP contribution is 2.41. The van der Waals surface area contributed by atoms with E-state index in [-0.39, 0.29) is 17.8 Å². The van der Waals surface area contributed by atoms with E-state index in [1.807, 2.05) is 26.0 Å². The Balaban J connectivity index is 1.69. The van der Waals surface area contributed by atoms with E-state index >= 15 is 0 Å². The second kappa shape index (κ2) is 7.85. The van der Waals surface area contributed by atoms with Gasteiger partial charge < -0.3 is 10.1 Å². The number of ether oxygens (including phenoxy) is 1. The number of nitrogens with one attached hydrogen (secondary N) is 1. The van der Waals surface area contributed by atoms with Crippen molar-refractivity contribution in [3.05, 3.63) is 59.5 Å². The monoisotopic (exact) mass is 356 g/mol. The minimum Gasteiger partial charge on any atom is -0.475 e. The molecule has 1 aromatic heterocycles. The number of rotatable bonds is 6. The SMILES string of the molecule is CC(C)Oc1ccc(CNC(=O)C2(c3cccc(F)c3)CCCC2)cn1. The Bertz CT molecular complexity index is 753. The topological polar surface area (TPSA) is 51.2 Å². The summed E-state index contributed by atoms with van der Waals surface area (Å²) in [5.41, 5.74) is 1.05. The largest absolute Gasteiger partial charge is 0.475 e. The van der Waals surface area contributed by atoms with Crippen LogP contribution in [0.25, 0.3) is 0 Å². The summed E-state index contributed by atoms with van der Waals surface area (Å²) in [6.45, 7) is 4.29. The number of carbonyl (C=O) groups excluding carboxylic acids is 1. The van der Waals surface area contributed by atoms with Crippen molar-refractivity contribution in [1.29, 1.82) is 0 Å². The molecule has 1 aliphatic carbocycles. The number of amides is 1. The zero-order valence-electron chi connectivity index (χ0n) is 15.3. The van der Waals surface area contributed by atoms with Crippen molar-refractivity contribution in [1.82, 2.24) is 10.3 Å². The van der Waals surface area contributed by atoms with E-state index in [9.17, 15) is 9.18 Å². The maximum absolute atomic E-state index is 13.7. The maximum atomic E-state index is 13.7. The van der Waals surface area contributed by atoms with Gasteiger partial charge in [-0.05, 0) is 49.9 Å². The second-order valence-corrected chi connectivity index (χ2v) is 7.15. The van der Waals surface area contributed by atoms with Crippen molar-refractivity contribution < 1.29 is 13.9 Å². The fourth-order valence-electron chi connectivity index (χ4n) is 3.59. The normalized spacial score (nSPS) is 15.8. The first kappa shape index (κ1) is 18.4. The van der Waals surface area contributed by atoms with E-state index in [0.29, 0.717) is 12.4 Å². The predicted octanol–water partition coefficient (Wildman–Crippen LogP) is 4.14. The van der Waals surface area contributed by atoms with Gasteiger partial charge in [-0.15, -0.1) is 0 Å². The Morgan fingerprint density at radius 2 is 2.04 bits per heavy atom. The van der Waals surface area contributed by atoms with Crippen LogP contribution in [0.5, 0.6) is 5.88 Å². The smallest absolute Gasteiger partial charge is 0.230 e. The highest BCUT2D eigenvalue weighted by atomic mass is 19.1. The molecular formula is C21H25FN2O2. The van der Waals surface area contributed by atoms with Gasteiger partial charge in [-0.2, -0.15) is 0 Å². The molecule has 0 radical (unpaired) electrons. The molecule has 0 atom stereocenters. The Morgan fingerprint density at radius 1 is 1.27 bits per heavy atom. The number of pyridine rings is 1. The average molecular weight is 356 g/mol. The number of hydrogen-bond donors (Lipinski definition) is 1. The van der Waals surface area contributed by atoms with Crippen molar-refractivity contribution in [3.8, 4) is 5.88 Å². The summed E-state index contributed by atoms with van der Waals surface area (Å²) in [5.74, 6) is 0.233.